The number of hydrogen-bond donors (Lipinski definition) is 2. The number of anilines is 1. The van der Waals surface area contributed by atoms with Gasteiger partial charge in [0.05, 0.1) is 29.8 Å². The molecule has 0 fully saturated rings. The number of carbonyl (C=O) groups is 1. The van der Waals surface area contributed by atoms with Crippen molar-refractivity contribution < 1.29 is 14.1 Å². The van der Waals surface area contributed by atoms with Gasteiger partial charge in [-0.15, -0.1) is 0 Å². The van der Waals surface area contributed by atoms with Crippen LogP contribution in [0.2, 0.25) is 0 Å². The number of rotatable bonds is 6. The van der Waals surface area contributed by atoms with Crippen LogP contribution in [0.3, 0.4) is 0 Å². The van der Waals surface area contributed by atoms with Gasteiger partial charge in [-0.1, -0.05) is 17.7 Å². The average molecular weight is 367 g/mol. The fourth-order valence-corrected chi connectivity index (χ4v) is 3.16. The Labute approximate surface area is 159 Å². The van der Waals surface area contributed by atoms with Crippen molar-refractivity contribution in [3.8, 4) is 5.69 Å². The number of nitrogens with zero attached hydrogens (tertiary/aromatic N) is 2. The molecule has 27 heavy (non-hydrogen) atoms. The lowest BCUT2D eigenvalue weighted by molar-refractivity contribution is -0.886. The van der Waals surface area contributed by atoms with Crippen molar-refractivity contribution in [2.45, 2.75) is 34.2 Å². The van der Waals surface area contributed by atoms with Crippen molar-refractivity contribution in [1.82, 2.24) is 9.78 Å². The fourth-order valence-electron chi connectivity index (χ4n) is 3.16. The van der Waals surface area contributed by atoms with E-state index in [1.165, 1.54) is 5.56 Å². The van der Waals surface area contributed by atoms with Crippen LogP contribution in [0.4, 0.5) is 5.69 Å². The van der Waals surface area contributed by atoms with Gasteiger partial charge < -0.3 is 14.6 Å². The van der Waals surface area contributed by atoms with Crippen LogP contribution in [-0.4, -0.2) is 29.3 Å². The van der Waals surface area contributed by atoms with Gasteiger partial charge in [0.25, 0.3) is 5.91 Å². The van der Waals surface area contributed by atoms with Crippen LogP contribution in [0.5, 0.6) is 0 Å². The number of nitrogens with one attached hydrogen (secondary N) is 2. The van der Waals surface area contributed by atoms with E-state index >= 15 is 0 Å². The van der Waals surface area contributed by atoms with Crippen LogP contribution < -0.4 is 10.2 Å². The number of aromatic nitrogens is 2. The van der Waals surface area contributed by atoms with E-state index in [0.717, 1.165) is 39.2 Å². The van der Waals surface area contributed by atoms with E-state index in [4.69, 9.17) is 4.42 Å². The topological polar surface area (TPSA) is 64.5 Å². The summed E-state index contributed by atoms with van der Waals surface area (Å²) in [5, 5.41) is 7.62. The van der Waals surface area contributed by atoms with Crippen molar-refractivity contribution in [2.75, 3.05) is 18.9 Å². The van der Waals surface area contributed by atoms with Crippen molar-refractivity contribution >= 4 is 11.6 Å². The van der Waals surface area contributed by atoms with Gasteiger partial charge in [-0.05, 0) is 52.0 Å². The standard InChI is InChI=1S/C21H26N4O2/c1-14-6-9-18(10-7-14)25-17(4)21(16(3)23-25)22-20(26)13-24(5)12-19-11-8-15(2)27-19/h6-11H,12-13H2,1-5H3,(H,22,26)/p+1. The second-order valence-corrected chi connectivity index (χ2v) is 7.16. The lowest BCUT2D eigenvalue weighted by Gasteiger charge is -2.13. The van der Waals surface area contributed by atoms with Gasteiger partial charge in [-0.3, -0.25) is 4.79 Å². The first kappa shape index (κ1) is 18.9. The van der Waals surface area contributed by atoms with Crippen molar-refractivity contribution in [2.24, 2.45) is 0 Å². The van der Waals surface area contributed by atoms with Gasteiger partial charge in [-0.25, -0.2) is 4.68 Å². The van der Waals surface area contributed by atoms with Crippen LogP contribution in [-0.2, 0) is 11.3 Å². The van der Waals surface area contributed by atoms with Crippen molar-refractivity contribution in [3.05, 3.63) is 64.9 Å². The van der Waals surface area contributed by atoms with Gasteiger partial charge >= 0.3 is 0 Å². The summed E-state index contributed by atoms with van der Waals surface area (Å²) in [5.74, 6) is 1.74. The number of carbonyl (C=O) groups excluding carboxylic acids is 1. The highest BCUT2D eigenvalue weighted by Gasteiger charge is 2.18. The Bertz CT molecular complexity index is 938. The zero-order valence-corrected chi connectivity index (χ0v) is 16.6. The molecule has 0 saturated heterocycles. The summed E-state index contributed by atoms with van der Waals surface area (Å²) in [4.78, 5) is 13.6. The molecule has 0 aliphatic heterocycles. The molecule has 1 aromatic carbocycles. The van der Waals surface area contributed by atoms with Crippen LogP contribution in [0.25, 0.3) is 5.69 Å². The van der Waals surface area contributed by atoms with E-state index in [-0.39, 0.29) is 5.91 Å². The van der Waals surface area contributed by atoms with E-state index in [1.807, 2.05) is 56.8 Å². The Morgan fingerprint density at radius 3 is 2.44 bits per heavy atom. The number of hydrogen-bond acceptors (Lipinski definition) is 3. The predicted octanol–water partition coefficient (Wildman–Crippen LogP) is 2.35. The van der Waals surface area contributed by atoms with Gasteiger partial charge in [0.2, 0.25) is 0 Å². The Morgan fingerprint density at radius 2 is 1.81 bits per heavy atom. The minimum Gasteiger partial charge on any atom is -0.460 e. The Balaban J connectivity index is 1.68. The third-order valence-corrected chi connectivity index (χ3v) is 4.57. The first-order valence-corrected chi connectivity index (χ1v) is 9.13. The molecular weight excluding hydrogens is 340 g/mol. The van der Waals surface area contributed by atoms with E-state index in [2.05, 4.69) is 29.5 Å². The quantitative estimate of drug-likeness (QED) is 0.703. The number of quaternary nitrogens is 1. The Kier molecular flexibility index (Phi) is 5.46. The number of benzene rings is 1. The van der Waals surface area contributed by atoms with Gasteiger partial charge in [0, 0.05) is 0 Å². The molecule has 1 unspecified atom stereocenters. The first-order valence-electron chi connectivity index (χ1n) is 9.13. The average Bonchev–Trinajstić information content (AvgIpc) is 3.13. The number of likely N-dealkylation sites (N-methyl/N-ethyl adjacent to an activating group) is 1. The molecule has 0 saturated carbocycles. The summed E-state index contributed by atoms with van der Waals surface area (Å²) in [6, 6.07) is 12.1. The lowest BCUT2D eigenvalue weighted by Crippen LogP contribution is -3.08. The molecule has 1 amide bonds. The maximum absolute atomic E-state index is 12.5. The van der Waals surface area contributed by atoms with E-state index < -0.39 is 0 Å². The number of amides is 1. The molecule has 2 N–H and O–H groups in total. The zero-order valence-electron chi connectivity index (χ0n) is 16.6. The zero-order chi connectivity index (χ0) is 19.6. The summed E-state index contributed by atoms with van der Waals surface area (Å²) in [6.07, 6.45) is 0. The van der Waals surface area contributed by atoms with E-state index in [1.54, 1.807) is 0 Å². The fraction of sp³-hybridized carbons (Fsp3) is 0.333. The Hall–Kier alpha value is -2.86. The second kappa shape index (κ2) is 7.80. The van der Waals surface area contributed by atoms with Crippen LogP contribution in [0.15, 0.2) is 40.8 Å². The lowest BCUT2D eigenvalue weighted by atomic mass is 10.2. The third-order valence-electron chi connectivity index (χ3n) is 4.57. The molecule has 0 spiro atoms. The highest BCUT2D eigenvalue weighted by molar-refractivity contribution is 5.92. The molecule has 3 rings (SSSR count). The van der Waals surface area contributed by atoms with Crippen molar-refractivity contribution in [3.63, 3.8) is 0 Å². The Morgan fingerprint density at radius 1 is 1.11 bits per heavy atom. The van der Waals surface area contributed by atoms with Crippen LogP contribution >= 0.6 is 0 Å². The summed E-state index contributed by atoms with van der Waals surface area (Å²) in [5.41, 5.74) is 4.69. The molecule has 1 atom stereocenters. The molecule has 0 bridgehead atoms. The van der Waals surface area contributed by atoms with Crippen LogP contribution in [0.1, 0.15) is 28.5 Å². The van der Waals surface area contributed by atoms with E-state index in [9.17, 15) is 4.79 Å². The largest absolute Gasteiger partial charge is 0.460 e. The minimum absolute atomic E-state index is 0.0366. The molecular formula is C21H27N4O2+. The highest BCUT2D eigenvalue weighted by Crippen LogP contribution is 2.22. The first-order chi connectivity index (χ1) is 12.8. The maximum Gasteiger partial charge on any atom is 0.279 e. The smallest absolute Gasteiger partial charge is 0.279 e. The molecule has 2 heterocycles. The third kappa shape index (κ3) is 4.46. The minimum atomic E-state index is -0.0366. The molecule has 0 aliphatic carbocycles. The normalized spacial score (nSPS) is 12.2. The van der Waals surface area contributed by atoms with Gasteiger partial charge in [0.15, 0.2) is 12.3 Å². The molecule has 0 radical (unpaired) electrons. The molecule has 0 aliphatic rings. The van der Waals surface area contributed by atoms with E-state index in [0.29, 0.717) is 13.1 Å². The summed E-state index contributed by atoms with van der Waals surface area (Å²) < 4.78 is 7.45. The maximum atomic E-state index is 12.5. The highest BCUT2D eigenvalue weighted by atomic mass is 16.3. The molecule has 3 aromatic rings. The summed E-state index contributed by atoms with van der Waals surface area (Å²) in [6.45, 7) is 8.88. The monoisotopic (exact) mass is 367 g/mol. The van der Waals surface area contributed by atoms with Crippen LogP contribution in [0, 0.1) is 27.7 Å². The molecule has 6 nitrogen and oxygen atoms in total. The summed E-state index contributed by atoms with van der Waals surface area (Å²) >= 11 is 0. The second-order valence-electron chi connectivity index (χ2n) is 7.16. The number of furan rings is 1. The SMILES string of the molecule is Cc1ccc(-n2nc(C)c(NC(=O)C[NH+](C)Cc3ccc(C)o3)c2C)cc1. The molecule has 142 valence electrons. The summed E-state index contributed by atoms with van der Waals surface area (Å²) in [7, 11) is 1.98. The predicted molar refractivity (Wildman–Crippen MR) is 105 cm³/mol. The van der Waals surface area contributed by atoms with Gasteiger partial charge in [0.1, 0.15) is 12.3 Å². The van der Waals surface area contributed by atoms with Crippen molar-refractivity contribution in [1.29, 1.82) is 0 Å². The molecule has 2 aromatic heterocycles. The number of aryl methyl sites for hydroxylation is 3. The van der Waals surface area contributed by atoms with Gasteiger partial charge in [-0.2, -0.15) is 5.10 Å². The molecule has 6 heteroatoms.